The fourth-order valence-electron chi connectivity index (χ4n) is 1.29. The van der Waals surface area contributed by atoms with Crippen molar-refractivity contribution < 1.29 is 13.9 Å². The first kappa shape index (κ1) is 13.6. The van der Waals surface area contributed by atoms with Gasteiger partial charge in [0.1, 0.15) is 11.4 Å². The molecule has 1 aromatic heterocycles. The predicted molar refractivity (Wildman–Crippen MR) is 64.5 cm³/mol. The Morgan fingerprint density at radius 3 is 2.82 bits per heavy atom. The zero-order chi connectivity index (χ0) is 12.9. The molecule has 1 aromatic rings. The van der Waals surface area contributed by atoms with Crippen molar-refractivity contribution in [2.24, 2.45) is 5.73 Å². The molecule has 1 heterocycles. The molecule has 0 saturated carbocycles. The van der Waals surface area contributed by atoms with E-state index < -0.39 is 11.7 Å². The first-order valence-electron chi connectivity index (χ1n) is 5.64. The largest absolute Gasteiger partial charge is 0.468 e. The van der Waals surface area contributed by atoms with Crippen LogP contribution in [0.5, 0.6) is 0 Å². The maximum Gasteiger partial charge on any atom is 0.407 e. The van der Waals surface area contributed by atoms with Crippen LogP contribution in [0.4, 0.5) is 4.79 Å². The fourth-order valence-corrected chi connectivity index (χ4v) is 1.29. The van der Waals surface area contributed by atoms with Gasteiger partial charge in [0.25, 0.3) is 0 Å². The summed E-state index contributed by atoms with van der Waals surface area (Å²) in [7, 11) is 0. The standard InChI is InChI=1S/C12H20N2O3/c1-12(2,3)17-11(15)14-7-6-9(13)10-5-4-8-16-10/h4-5,8-9H,6-7,13H2,1-3H3,(H,14,15). The third-order valence-electron chi connectivity index (χ3n) is 2.03. The quantitative estimate of drug-likeness (QED) is 0.845. The summed E-state index contributed by atoms with van der Waals surface area (Å²) in [6.07, 6.45) is 1.76. The molecule has 17 heavy (non-hydrogen) atoms. The Bertz CT molecular complexity index is 341. The molecule has 1 atom stereocenters. The van der Waals surface area contributed by atoms with E-state index in [0.29, 0.717) is 13.0 Å². The van der Waals surface area contributed by atoms with E-state index >= 15 is 0 Å². The maximum atomic E-state index is 11.3. The lowest BCUT2D eigenvalue weighted by atomic mass is 10.2. The summed E-state index contributed by atoms with van der Waals surface area (Å²) < 4.78 is 10.3. The number of amides is 1. The number of hydrogen-bond donors (Lipinski definition) is 2. The normalized spacial score (nSPS) is 13.2. The summed E-state index contributed by atoms with van der Waals surface area (Å²) >= 11 is 0. The maximum absolute atomic E-state index is 11.3. The highest BCUT2D eigenvalue weighted by atomic mass is 16.6. The fraction of sp³-hybridized carbons (Fsp3) is 0.583. The van der Waals surface area contributed by atoms with Crippen molar-refractivity contribution in [1.82, 2.24) is 5.32 Å². The minimum atomic E-state index is -0.479. The lowest BCUT2D eigenvalue weighted by Crippen LogP contribution is -2.33. The van der Waals surface area contributed by atoms with Crippen molar-refractivity contribution in [2.75, 3.05) is 6.54 Å². The molecule has 5 nitrogen and oxygen atoms in total. The van der Waals surface area contributed by atoms with Crippen molar-refractivity contribution in [3.8, 4) is 0 Å². The molecule has 3 N–H and O–H groups in total. The van der Waals surface area contributed by atoms with E-state index in [1.165, 1.54) is 0 Å². The van der Waals surface area contributed by atoms with Crippen LogP contribution in [0.2, 0.25) is 0 Å². The summed E-state index contributed by atoms with van der Waals surface area (Å²) in [6, 6.07) is 3.40. The number of carbonyl (C=O) groups excluding carboxylic acids is 1. The van der Waals surface area contributed by atoms with Crippen LogP contribution in [0.1, 0.15) is 39.0 Å². The van der Waals surface area contributed by atoms with E-state index in [9.17, 15) is 4.79 Å². The molecular weight excluding hydrogens is 220 g/mol. The van der Waals surface area contributed by atoms with E-state index in [4.69, 9.17) is 14.9 Å². The minimum Gasteiger partial charge on any atom is -0.468 e. The Labute approximate surface area is 101 Å². The lowest BCUT2D eigenvalue weighted by molar-refractivity contribution is 0.0526. The number of furan rings is 1. The average molecular weight is 240 g/mol. The van der Waals surface area contributed by atoms with Gasteiger partial charge in [0, 0.05) is 6.54 Å². The van der Waals surface area contributed by atoms with Gasteiger partial charge in [-0.2, -0.15) is 0 Å². The molecule has 0 saturated heterocycles. The number of nitrogens with one attached hydrogen (secondary N) is 1. The number of ether oxygens (including phenoxy) is 1. The first-order chi connectivity index (χ1) is 7.88. The molecule has 1 rings (SSSR count). The second-order valence-electron chi connectivity index (χ2n) is 4.84. The van der Waals surface area contributed by atoms with Crippen LogP contribution in [0.15, 0.2) is 22.8 Å². The van der Waals surface area contributed by atoms with Crippen LogP contribution in [-0.4, -0.2) is 18.2 Å². The molecule has 0 spiro atoms. The van der Waals surface area contributed by atoms with Crippen molar-refractivity contribution in [3.63, 3.8) is 0 Å². The van der Waals surface area contributed by atoms with Gasteiger partial charge in [-0.1, -0.05) is 0 Å². The van der Waals surface area contributed by atoms with E-state index in [-0.39, 0.29) is 6.04 Å². The third kappa shape index (κ3) is 5.40. The zero-order valence-electron chi connectivity index (χ0n) is 10.5. The Hall–Kier alpha value is -1.49. The highest BCUT2D eigenvalue weighted by Crippen LogP contribution is 2.13. The van der Waals surface area contributed by atoms with Gasteiger partial charge in [-0.25, -0.2) is 4.79 Å². The van der Waals surface area contributed by atoms with Gasteiger partial charge in [0.05, 0.1) is 12.3 Å². The third-order valence-corrected chi connectivity index (χ3v) is 2.03. The molecule has 0 radical (unpaired) electrons. The molecule has 96 valence electrons. The lowest BCUT2D eigenvalue weighted by Gasteiger charge is -2.20. The molecule has 5 heteroatoms. The van der Waals surface area contributed by atoms with Gasteiger partial charge < -0.3 is 20.2 Å². The Morgan fingerprint density at radius 2 is 2.29 bits per heavy atom. The zero-order valence-corrected chi connectivity index (χ0v) is 10.5. The summed E-state index contributed by atoms with van der Waals surface area (Å²) in [5, 5.41) is 2.65. The highest BCUT2D eigenvalue weighted by Gasteiger charge is 2.16. The van der Waals surface area contributed by atoms with Crippen LogP contribution < -0.4 is 11.1 Å². The summed E-state index contributed by atoms with van der Waals surface area (Å²) in [5.41, 5.74) is 5.39. The molecule has 1 unspecified atom stereocenters. The number of carbonyl (C=O) groups is 1. The van der Waals surface area contributed by atoms with Crippen molar-refractivity contribution in [2.45, 2.75) is 38.8 Å². The predicted octanol–water partition coefficient (Wildman–Crippen LogP) is 2.19. The molecule has 0 aliphatic rings. The SMILES string of the molecule is CC(C)(C)OC(=O)NCCC(N)c1ccco1. The summed E-state index contributed by atoms with van der Waals surface area (Å²) in [5.74, 6) is 0.719. The number of alkyl carbamates (subject to hydrolysis) is 1. The molecule has 0 aliphatic heterocycles. The van der Waals surface area contributed by atoms with Gasteiger partial charge >= 0.3 is 6.09 Å². The van der Waals surface area contributed by atoms with Crippen molar-refractivity contribution in [3.05, 3.63) is 24.2 Å². The second kappa shape index (κ2) is 5.72. The number of hydrogen-bond acceptors (Lipinski definition) is 4. The van der Waals surface area contributed by atoms with Gasteiger partial charge in [-0.05, 0) is 39.3 Å². The van der Waals surface area contributed by atoms with E-state index in [1.54, 1.807) is 12.3 Å². The molecule has 1 amide bonds. The number of nitrogens with two attached hydrogens (primary N) is 1. The number of rotatable bonds is 4. The van der Waals surface area contributed by atoms with E-state index in [2.05, 4.69) is 5.32 Å². The van der Waals surface area contributed by atoms with Crippen LogP contribution >= 0.6 is 0 Å². The molecule has 0 aliphatic carbocycles. The van der Waals surface area contributed by atoms with Crippen LogP contribution in [0.25, 0.3) is 0 Å². The highest BCUT2D eigenvalue weighted by molar-refractivity contribution is 5.67. The van der Waals surface area contributed by atoms with Gasteiger partial charge in [0.15, 0.2) is 0 Å². The Morgan fingerprint density at radius 1 is 1.59 bits per heavy atom. The Balaban J connectivity index is 2.22. The van der Waals surface area contributed by atoms with E-state index in [1.807, 2.05) is 26.8 Å². The minimum absolute atomic E-state index is 0.208. The van der Waals surface area contributed by atoms with Gasteiger partial charge in [-0.15, -0.1) is 0 Å². The molecule has 0 fully saturated rings. The first-order valence-corrected chi connectivity index (χ1v) is 5.64. The molecular formula is C12H20N2O3. The smallest absolute Gasteiger partial charge is 0.407 e. The van der Waals surface area contributed by atoms with E-state index in [0.717, 1.165) is 5.76 Å². The van der Waals surface area contributed by atoms with Crippen LogP contribution in [0.3, 0.4) is 0 Å². The van der Waals surface area contributed by atoms with Gasteiger partial charge in [0.2, 0.25) is 0 Å². The van der Waals surface area contributed by atoms with Crippen LogP contribution in [-0.2, 0) is 4.74 Å². The van der Waals surface area contributed by atoms with Crippen molar-refractivity contribution >= 4 is 6.09 Å². The second-order valence-corrected chi connectivity index (χ2v) is 4.84. The van der Waals surface area contributed by atoms with Crippen LogP contribution in [0, 0.1) is 0 Å². The molecule has 0 bridgehead atoms. The average Bonchev–Trinajstić information content (AvgIpc) is 2.66. The monoisotopic (exact) mass is 240 g/mol. The summed E-state index contributed by atoms with van der Waals surface area (Å²) in [6.45, 7) is 5.92. The summed E-state index contributed by atoms with van der Waals surface area (Å²) in [4.78, 5) is 11.3. The van der Waals surface area contributed by atoms with Crippen molar-refractivity contribution in [1.29, 1.82) is 0 Å². The van der Waals surface area contributed by atoms with Gasteiger partial charge in [-0.3, -0.25) is 0 Å². The molecule has 0 aromatic carbocycles. The topological polar surface area (TPSA) is 77.5 Å². The Kier molecular flexibility index (Phi) is 4.57.